The number of rotatable bonds is 6. The zero-order valence-electron chi connectivity index (χ0n) is 17.1. The molecule has 0 aliphatic rings. The molecule has 166 valence electrons. The molecule has 0 saturated heterocycles. The molecule has 0 atom stereocenters. The fourth-order valence-electron chi connectivity index (χ4n) is 3.22. The van der Waals surface area contributed by atoms with Crippen LogP contribution in [-0.4, -0.2) is 14.3 Å². The van der Waals surface area contributed by atoms with E-state index in [9.17, 15) is 17.6 Å². The summed E-state index contributed by atoms with van der Waals surface area (Å²) in [4.78, 5) is 12.8. The van der Waals surface area contributed by atoms with Gasteiger partial charge in [-0.25, -0.2) is 12.8 Å². The van der Waals surface area contributed by atoms with E-state index < -0.39 is 21.7 Å². The highest BCUT2D eigenvalue weighted by Crippen LogP contribution is 2.29. The van der Waals surface area contributed by atoms with E-state index in [1.54, 1.807) is 6.07 Å². The predicted octanol–water partition coefficient (Wildman–Crippen LogP) is 6.20. The molecule has 0 spiro atoms. The Labute approximate surface area is 195 Å². The van der Waals surface area contributed by atoms with E-state index in [-0.39, 0.29) is 21.2 Å². The lowest BCUT2D eigenvalue weighted by molar-refractivity contribution is 0.102. The number of nitrogens with one attached hydrogen (secondary N) is 2. The molecule has 0 bridgehead atoms. The number of anilines is 2. The summed E-state index contributed by atoms with van der Waals surface area (Å²) < 4.78 is 40.8. The van der Waals surface area contributed by atoms with Gasteiger partial charge in [-0.05, 0) is 54.1 Å². The molecule has 4 aromatic carbocycles. The van der Waals surface area contributed by atoms with Gasteiger partial charge in [-0.3, -0.25) is 9.52 Å². The van der Waals surface area contributed by atoms with Gasteiger partial charge in [0.1, 0.15) is 5.82 Å². The normalized spacial score (nSPS) is 11.1. The van der Waals surface area contributed by atoms with Gasteiger partial charge < -0.3 is 5.32 Å². The molecule has 0 radical (unpaired) electrons. The van der Waals surface area contributed by atoms with Gasteiger partial charge in [-0.15, -0.1) is 0 Å². The van der Waals surface area contributed by atoms with Gasteiger partial charge >= 0.3 is 0 Å². The van der Waals surface area contributed by atoms with Crippen LogP contribution in [0.5, 0.6) is 0 Å². The molecular weight excluding hydrogens is 463 g/mol. The van der Waals surface area contributed by atoms with Crippen molar-refractivity contribution in [2.45, 2.75) is 4.90 Å². The lowest BCUT2D eigenvalue weighted by Gasteiger charge is -2.13. The molecule has 0 heterocycles. The van der Waals surface area contributed by atoms with Crippen molar-refractivity contribution in [3.8, 4) is 11.1 Å². The fourth-order valence-corrected chi connectivity index (χ4v) is 4.51. The minimum absolute atomic E-state index is 0.0324. The number of carbonyl (C=O) groups is 1. The second-order valence-electron chi connectivity index (χ2n) is 7.12. The number of hydrogen-bond donors (Lipinski definition) is 2. The van der Waals surface area contributed by atoms with Crippen molar-refractivity contribution >= 4 is 38.9 Å². The first kappa shape index (κ1) is 22.5. The third-order valence-corrected chi connectivity index (χ3v) is 6.57. The second kappa shape index (κ2) is 9.44. The van der Waals surface area contributed by atoms with Crippen LogP contribution in [0.25, 0.3) is 11.1 Å². The average Bonchev–Trinajstić information content (AvgIpc) is 2.81. The number of amides is 1. The van der Waals surface area contributed by atoms with Crippen molar-refractivity contribution in [1.82, 2.24) is 0 Å². The summed E-state index contributed by atoms with van der Waals surface area (Å²) in [6.45, 7) is 0. The monoisotopic (exact) mass is 480 g/mol. The van der Waals surface area contributed by atoms with Crippen LogP contribution in [0.4, 0.5) is 15.8 Å². The summed E-state index contributed by atoms with van der Waals surface area (Å²) in [5.41, 5.74) is 2.64. The maximum absolute atomic E-state index is 13.1. The Morgan fingerprint density at radius 3 is 2.18 bits per heavy atom. The third kappa shape index (κ3) is 5.22. The van der Waals surface area contributed by atoms with Crippen molar-refractivity contribution in [2.24, 2.45) is 0 Å². The first-order valence-corrected chi connectivity index (χ1v) is 11.7. The molecule has 8 heteroatoms. The Kier molecular flexibility index (Phi) is 6.44. The molecule has 5 nitrogen and oxygen atoms in total. The Bertz CT molecular complexity index is 1410. The summed E-state index contributed by atoms with van der Waals surface area (Å²) in [5.74, 6) is -0.987. The third-order valence-electron chi connectivity index (χ3n) is 4.86. The van der Waals surface area contributed by atoms with Gasteiger partial charge in [0.2, 0.25) is 0 Å². The van der Waals surface area contributed by atoms with Gasteiger partial charge in [0.25, 0.3) is 15.9 Å². The minimum atomic E-state index is -4.03. The van der Waals surface area contributed by atoms with Gasteiger partial charge in [-0.2, -0.15) is 0 Å². The van der Waals surface area contributed by atoms with Crippen LogP contribution in [0.2, 0.25) is 5.02 Å². The van der Waals surface area contributed by atoms with Crippen molar-refractivity contribution in [3.05, 3.63) is 113 Å². The molecule has 4 aromatic rings. The second-order valence-corrected chi connectivity index (χ2v) is 9.21. The van der Waals surface area contributed by atoms with Crippen LogP contribution < -0.4 is 10.0 Å². The van der Waals surface area contributed by atoms with E-state index in [1.165, 1.54) is 18.2 Å². The SMILES string of the molecule is O=C(Nc1ccccc1-c1ccccc1)c1ccc(Cl)c(NS(=O)(=O)c2ccc(F)cc2)c1. The number of benzene rings is 4. The Morgan fingerprint density at radius 2 is 1.45 bits per heavy atom. The van der Waals surface area contributed by atoms with E-state index >= 15 is 0 Å². The molecule has 0 aliphatic heterocycles. The van der Waals surface area contributed by atoms with Crippen LogP contribution in [-0.2, 0) is 10.0 Å². The highest BCUT2D eigenvalue weighted by molar-refractivity contribution is 7.92. The van der Waals surface area contributed by atoms with Crippen molar-refractivity contribution in [2.75, 3.05) is 10.0 Å². The number of halogens is 2. The molecule has 0 aliphatic carbocycles. The highest BCUT2D eigenvalue weighted by atomic mass is 35.5. The van der Waals surface area contributed by atoms with Crippen molar-refractivity contribution in [3.63, 3.8) is 0 Å². The molecule has 0 unspecified atom stereocenters. The molecule has 4 rings (SSSR count). The Morgan fingerprint density at radius 1 is 0.788 bits per heavy atom. The quantitative estimate of drug-likeness (QED) is 0.345. The molecule has 33 heavy (non-hydrogen) atoms. The summed E-state index contributed by atoms with van der Waals surface area (Å²) in [7, 11) is -4.03. The standard InChI is InChI=1S/C25H18ClFN2O3S/c26-22-15-10-18(16-24(22)29-33(31,32)20-13-11-19(27)12-14-20)25(30)28-23-9-5-4-8-21(23)17-6-2-1-3-7-17/h1-16,29H,(H,28,30). The Hall–Kier alpha value is -3.68. The van der Waals surface area contributed by atoms with Gasteiger partial charge in [-0.1, -0.05) is 60.1 Å². The summed E-state index contributed by atoms with van der Waals surface area (Å²) in [6.07, 6.45) is 0. The smallest absolute Gasteiger partial charge is 0.261 e. The highest BCUT2D eigenvalue weighted by Gasteiger charge is 2.18. The van der Waals surface area contributed by atoms with Gasteiger partial charge in [0.05, 0.1) is 15.6 Å². The first-order chi connectivity index (χ1) is 15.8. The van der Waals surface area contributed by atoms with Crippen molar-refractivity contribution < 1.29 is 17.6 Å². The lowest BCUT2D eigenvalue weighted by Crippen LogP contribution is -2.16. The molecule has 0 fully saturated rings. The van der Waals surface area contributed by atoms with Crippen LogP contribution >= 0.6 is 11.6 Å². The molecule has 2 N–H and O–H groups in total. The first-order valence-electron chi connectivity index (χ1n) is 9.87. The van der Waals surface area contributed by atoms with Crippen molar-refractivity contribution in [1.29, 1.82) is 0 Å². The lowest BCUT2D eigenvalue weighted by atomic mass is 10.0. The number of hydrogen-bond acceptors (Lipinski definition) is 3. The predicted molar refractivity (Wildman–Crippen MR) is 128 cm³/mol. The van der Waals surface area contributed by atoms with Gasteiger partial charge in [0, 0.05) is 16.8 Å². The number of para-hydroxylation sites is 1. The fraction of sp³-hybridized carbons (Fsp3) is 0. The van der Waals surface area contributed by atoms with E-state index in [0.29, 0.717) is 5.69 Å². The number of sulfonamides is 1. The minimum Gasteiger partial charge on any atom is -0.321 e. The molecular formula is C25H18ClFN2O3S. The average molecular weight is 481 g/mol. The van der Waals surface area contributed by atoms with E-state index in [0.717, 1.165) is 35.4 Å². The Balaban J connectivity index is 1.60. The number of carbonyl (C=O) groups excluding carboxylic acids is 1. The van der Waals surface area contributed by atoms with E-state index in [4.69, 9.17) is 11.6 Å². The summed E-state index contributed by atoms with van der Waals surface area (Å²) in [6, 6.07) is 25.6. The van der Waals surface area contributed by atoms with Gasteiger partial charge in [0.15, 0.2) is 0 Å². The van der Waals surface area contributed by atoms with E-state index in [1.807, 2.05) is 48.5 Å². The van der Waals surface area contributed by atoms with Crippen LogP contribution in [0.3, 0.4) is 0 Å². The summed E-state index contributed by atoms with van der Waals surface area (Å²) in [5, 5.41) is 2.98. The topological polar surface area (TPSA) is 75.3 Å². The maximum atomic E-state index is 13.1. The van der Waals surface area contributed by atoms with Crippen LogP contribution in [0.15, 0.2) is 102 Å². The largest absolute Gasteiger partial charge is 0.321 e. The molecule has 1 amide bonds. The van der Waals surface area contributed by atoms with E-state index in [2.05, 4.69) is 10.0 Å². The zero-order valence-corrected chi connectivity index (χ0v) is 18.7. The van der Waals surface area contributed by atoms with Crippen LogP contribution in [0.1, 0.15) is 10.4 Å². The summed E-state index contributed by atoms with van der Waals surface area (Å²) >= 11 is 6.17. The molecule has 0 aromatic heterocycles. The maximum Gasteiger partial charge on any atom is 0.261 e. The van der Waals surface area contributed by atoms with Crippen LogP contribution in [0, 0.1) is 5.82 Å². The molecule has 0 saturated carbocycles. The zero-order chi connectivity index (χ0) is 23.4.